The first kappa shape index (κ1) is 10.5. The number of rotatable bonds is 4. The summed E-state index contributed by atoms with van der Waals surface area (Å²) in [6, 6.07) is 6.14. The highest BCUT2D eigenvalue weighted by Crippen LogP contribution is 2.35. The van der Waals surface area contributed by atoms with E-state index < -0.39 is 0 Å². The van der Waals surface area contributed by atoms with E-state index in [1.807, 2.05) is 12.1 Å². The summed E-state index contributed by atoms with van der Waals surface area (Å²) in [5, 5.41) is 0.674. The first-order valence-corrected chi connectivity index (χ1v) is 5.65. The monoisotopic (exact) mass is 223 g/mol. The summed E-state index contributed by atoms with van der Waals surface area (Å²) >= 11 is 6.15. The van der Waals surface area contributed by atoms with Gasteiger partial charge in [-0.15, -0.1) is 0 Å². The lowest BCUT2D eigenvalue weighted by atomic mass is 10.2. The van der Waals surface area contributed by atoms with Crippen LogP contribution >= 0.6 is 11.6 Å². The Labute approximate surface area is 94.8 Å². The molecule has 80 valence electrons. The summed E-state index contributed by atoms with van der Waals surface area (Å²) in [7, 11) is 0. The minimum atomic E-state index is 0.635. The molecule has 0 radical (unpaired) electrons. The van der Waals surface area contributed by atoms with Gasteiger partial charge in [0.2, 0.25) is 0 Å². The molecule has 1 aliphatic carbocycles. The fourth-order valence-corrected chi connectivity index (χ4v) is 2.14. The molecule has 0 bridgehead atoms. The second-order valence-corrected chi connectivity index (χ2v) is 4.25. The Kier molecular flexibility index (Phi) is 2.96. The van der Waals surface area contributed by atoms with E-state index >= 15 is 0 Å². The molecule has 0 heterocycles. The van der Waals surface area contributed by atoms with Gasteiger partial charge in [0.15, 0.2) is 0 Å². The van der Waals surface area contributed by atoms with Gasteiger partial charge in [0.1, 0.15) is 6.29 Å². The quantitative estimate of drug-likeness (QED) is 0.731. The van der Waals surface area contributed by atoms with Gasteiger partial charge in [-0.3, -0.25) is 4.79 Å². The first-order chi connectivity index (χ1) is 7.26. The van der Waals surface area contributed by atoms with Gasteiger partial charge < -0.3 is 4.90 Å². The second-order valence-electron chi connectivity index (χ2n) is 3.85. The van der Waals surface area contributed by atoms with E-state index in [-0.39, 0.29) is 0 Å². The number of anilines is 1. The Morgan fingerprint density at radius 2 is 2.27 bits per heavy atom. The van der Waals surface area contributed by atoms with E-state index in [4.69, 9.17) is 11.6 Å². The zero-order valence-corrected chi connectivity index (χ0v) is 9.50. The Morgan fingerprint density at radius 1 is 1.53 bits per heavy atom. The number of hydrogen-bond donors (Lipinski definition) is 0. The average molecular weight is 224 g/mol. The number of halogens is 1. The third-order valence-electron chi connectivity index (χ3n) is 2.75. The SMILES string of the molecule is CCN(c1ccc(C=O)cc1Cl)C1CC1. The fraction of sp³-hybridized carbons (Fsp3) is 0.417. The third-order valence-corrected chi connectivity index (χ3v) is 3.05. The molecule has 0 saturated heterocycles. The molecule has 0 spiro atoms. The second kappa shape index (κ2) is 4.23. The molecule has 3 heteroatoms. The molecule has 0 amide bonds. The molecule has 0 atom stereocenters. The van der Waals surface area contributed by atoms with Crippen molar-refractivity contribution in [2.45, 2.75) is 25.8 Å². The summed E-state index contributed by atoms with van der Waals surface area (Å²) in [5.41, 5.74) is 1.68. The lowest BCUT2D eigenvalue weighted by Gasteiger charge is -2.23. The van der Waals surface area contributed by atoms with Crippen LogP contribution in [0.4, 0.5) is 5.69 Å². The van der Waals surface area contributed by atoms with Gasteiger partial charge in [-0.25, -0.2) is 0 Å². The van der Waals surface area contributed by atoms with Crippen LogP contribution in [0.5, 0.6) is 0 Å². The van der Waals surface area contributed by atoms with Gasteiger partial charge >= 0.3 is 0 Å². The zero-order chi connectivity index (χ0) is 10.8. The van der Waals surface area contributed by atoms with E-state index in [0.717, 1.165) is 18.5 Å². The molecular weight excluding hydrogens is 210 g/mol. The maximum Gasteiger partial charge on any atom is 0.150 e. The molecular formula is C12H14ClNO. The van der Waals surface area contributed by atoms with Crippen LogP contribution in [-0.2, 0) is 0 Å². The lowest BCUT2D eigenvalue weighted by Crippen LogP contribution is -2.25. The number of hydrogen-bond acceptors (Lipinski definition) is 2. The summed E-state index contributed by atoms with van der Waals surface area (Å²) in [5.74, 6) is 0. The maximum absolute atomic E-state index is 10.6. The van der Waals surface area contributed by atoms with Gasteiger partial charge in [0.05, 0.1) is 10.7 Å². The molecule has 1 fully saturated rings. The molecule has 1 aromatic carbocycles. The molecule has 1 aromatic rings. The van der Waals surface area contributed by atoms with E-state index in [9.17, 15) is 4.79 Å². The molecule has 2 nitrogen and oxygen atoms in total. The standard InChI is InChI=1S/C12H14ClNO/c1-2-14(10-4-5-10)12-6-3-9(8-15)7-11(12)13/h3,6-8,10H,2,4-5H2,1H3. The van der Waals surface area contributed by atoms with Crippen molar-refractivity contribution in [3.8, 4) is 0 Å². The van der Waals surface area contributed by atoms with Crippen LogP contribution < -0.4 is 4.90 Å². The van der Waals surface area contributed by atoms with Gasteiger partial charge in [-0.2, -0.15) is 0 Å². The highest BCUT2D eigenvalue weighted by Gasteiger charge is 2.29. The molecule has 1 saturated carbocycles. The van der Waals surface area contributed by atoms with Crippen molar-refractivity contribution in [2.24, 2.45) is 0 Å². The molecule has 1 aliphatic rings. The number of aldehydes is 1. The third kappa shape index (κ3) is 2.15. The average Bonchev–Trinajstić information content (AvgIpc) is 3.05. The molecule has 0 aromatic heterocycles. The van der Waals surface area contributed by atoms with Gasteiger partial charge in [0, 0.05) is 18.2 Å². The van der Waals surface area contributed by atoms with Gasteiger partial charge in [0.25, 0.3) is 0 Å². The maximum atomic E-state index is 10.6. The van der Waals surface area contributed by atoms with E-state index in [1.54, 1.807) is 6.07 Å². The minimum Gasteiger partial charge on any atom is -0.368 e. The Balaban J connectivity index is 2.29. The van der Waals surface area contributed by atoms with Crippen molar-refractivity contribution in [2.75, 3.05) is 11.4 Å². The molecule has 0 aliphatic heterocycles. The minimum absolute atomic E-state index is 0.635. The number of nitrogens with zero attached hydrogens (tertiary/aromatic N) is 1. The van der Waals surface area contributed by atoms with Crippen molar-refractivity contribution in [1.29, 1.82) is 0 Å². The summed E-state index contributed by atoms with van der Waals surface area (Å²) < 4.78 is 0. The number of benzene rings is 1. The van der Waals surface area contributed by atoms with Crippen LogP contribution in [-0.4, -0.2) is 18.9 Å². The predicted octanol–water partition coefficient (Wildman–Crippen LogP) is 3.14. The van der Waals surface area contributed by atoms with Crippen LogP contribution in [0.1, 0.15) is 30.1 Å². The van der Waals surface area contributed by atoms with Crippen molar-refractivity contribution >= 4 is 23.6 Å². The Bertz CT molecular complexity index is 374. The molecule has 15 heavy (non-hydrogen) atoms. The topological polar surface area (TPSA) is 20.3 Å². The van der Waals surface area contributed by atoms with Crippen molar-refractivity contribution in [3.05, 3.63) is 28.8 Å². The first-order valence-electron chi connectivity index (χ1n) is 5.27. The van der Waals surface area contributed by atoms with Crippen LogP contribution in [0.15, 0.2) is 18.2 Å². The normalized spacial score (nSPS) is 15.1. The predicted molar refractivity (Wildman–Crippen MR) is 62.9 cm³/mol. The van der Waals surface area contributed by atoms with Gasteiger partial charge in [-0.05, 0) is 38.0 Å². The fourth-order valence-electron chi connectivity index (χ4n) is 1.84. The van der Waals surface area contributed by atoms with Crippen LogP contribution in [0.3, 0.4) is 0 Å². The zero-order valence-electron chi connectivity index (χ0n) is 8.74. The summed E-state index contributed by atoms with van der Waals surface area (Å²) in [6.07, 6.45) is 3.32. The molecule has 0 unspecified atom stereocenters. The van der Waals surface area contributed by atoms with Crippen molar-refractivity contribution < 1.29 is 4.79 Å². The van der Waals surface area contributed by atoms with Crippen LogP contribution in [0.2, 0.25) is 5.02 Å². The molecule has 0 N–H and O–H groups in total. The Morgan fingerprint density at radius 3 is 2.73 bits per heavy atom. The van der Waals surface area contributed by atoms with Gasteiger partial charge in [-0.1, -0.05) is 11.6 Å². The van der Waals surface area contributed by atoms with Crippen molar-refractivity contribution in [1.82, 2.24) is 0 Å². The molecule has 2 rings (SSSR count). The number of carbonyl (C=O) groups is 1. The highest BCUT2D eigenvalue weighted by molar-refractivity contribution is 6.33. The van der Waals surface area contributed by atoms with Crippen LogP contribution in [0, 0.1) is 0 Å². The van der Waals surface area contributed by atoms with Crippen molar-refractivity contribution in [3.63, 3.8) is 0 Å². The number of carbonyl (C=O) groups excluding carboxylic acids is 1. The lowest BCUT2D eigenvalue weighted by molar-refractivity contribution is 0.112. The van der Waals surface area contributed by atoms with E-state index in [0.29, 0.717) is 16.6 Å². The van der Waals surface area contributed by atoms with E-state index in [2.05, 4.69) is 11.8 Å². The largest absolute Gasteiger partial charge is 0.368 e. The van der Waals surface area contributed by atoms with Crippen LogP contribution in [0.25, 0.3) is 0 Å². The smallest absolute Gasteiger partial charge is 0.150 e. The van der Waals surface area contributed by atoms with E-state index in [1.165, 1.54) is 12.8 Å². The highest BCUT2D eigenvalue weighted by atomic mass is 35.5. The summed E-state index contributed by atoms with van der Waals surface area (Å²) in [6.45, 7) is 3.09. The Hall–Kier alpha value is -1.02. The summed E-state index contributed by atoms with van der Waals surface area (Å²) in [4.78, 5) is 12.9.